The van der Waals surface area contributed by atoms with Crippen LogP contribution in [0.4, 0.5) is 4.79 Å². The van der Waals surface area contributed by atoms with Crippen molar-refractivity contribution < 1.29 is 15.0 Å². The molecule has 92 valence electrons. The number of aliphatic hydroxyl groups excluding tert-OH is 2. The Kier molecular flexibility index (Phi) is 3.66. The van der Waals surface area contributed by atoms with Crippen molar-refractivity contribution in [3.05, 3.63) is 0 Å². The van der Waals surface area contributed by atoms with Gasteiger partial charge < -0.3 is 20.0 Å². The van der Waals surface area contributed by atoms with Crippen LogP contribution in [0.25, 0.3) is 0 Å². The van der Waals surface area contributed by atoms with E-state index in [4.69, 9.17) is 0 Å². The molecule has 0 aromatic carbocycles. The molecule has 2 fully saturated rings. The molecule has 0 unspecified atom stereocenters. The predicted molar refractivity (Wildman–Crippen MR) is 59.0 cm³/mol. The highest BCUT2D eigenvalue weighted by atomic mass is 16.3. The first-order chi connectivity index (χ1) is 7.77. The molecule has 0 aromatic heterocycles. The van der Waals surface area contributed by atoms with Gasteiger partial charge in [-0.05, 0) is 25.7 Å². The van der Waals surface area contributed by atoms with E-state index in [1.807, 2.05) is 0 Å². The number of amides is 2. The molecule has 2 atom stereocenters. The highest BCUT2D eigenvalue weighted by molar-refractivity contribution is 5.75. The first-order valence-electron chi connectivity index (χ1n) is 6.07. The van der Waals surface area contributed by atoms with Crippen molar-refractivity contribution in [2.45, 2.75) is 37.8 Å². The molecule has 2 saturated heterocycles. The van der Waals surface area contributed by atoms with Gasteiger partial charge in [0.25, 0.3) is 0 Å². The Hall–Kier alpha value is -0.810. The summed E-state index contributed by atoms with van der Waals surface area (Å²) in [5, 5.41) is 18.4. The number of nitrogens with zero attached hydrogens (tertiary/aromatic N) is 2. The summed E-state index contributed by atoms with van der Waals surface area (Å²) in [5.41, 5.74) is 0. The SMILES string of the molecule is O=C(N1CCC[C@H]1CO)N1CCC[C@H]1CO. The molecule has 2 aliphatic heterocycles. The average Bonchev–Trinajstić information content (AvgIpc) is 2.96. The summed E-state index contributed by atoms with van der Waals surface area (Å²) in [7, 11) is 0. The molecule has 0 spiro atoms. The minimum atomic E-state index is -0.0209. The van der Waals surface area contributed by atoms with Crippen LogP contribution in [0, 0.1) is 0 Å². The van der Waals surface area contributed by atoms with Crippen molar-refractivity contribution in [1.29, 1.82) is 0 Å². The van der Waals surface area contributed by atoms with Gasteiger partial charge in [-0.3, -0.25) is 0 Å². The Bertz CT molecular complexity index is 236. The standard InChI is InChI=1S/C11H20N2O3/c14-7-9-3-1-5-12(9)11(16)13-6-2-4-10(13)8-15/h9-10,14-15H,1-8H2/t9-,10-/m0/s1. The third-order valence-electron chi connectivity index (χ3n) is 3.67. The summed E-state index contributed by atoms with van der Waals surface area (Å²) in [5.74, 6) is 0. The van der Waals surface area contributed by atoms with Gasteiger partial charge in [0.1, 0.15) is 0 Å². The molecule has 5 nitrogen and oxygen atoms in total. The molecule has 2 heterocycles. The van der Waals surface area contributed by atoms with Crippen molar-refractivity contribution in [2.75, 3.05) is 26.3 Å². The minimum absolute atomic E-state index is 0.00639. The molecule has 2 aliphatic rings. The zero-order valence-electron chi connectivity index (χ0n) is 9.51. The number of carbonyl (C=O) groups is 1. The molecule has 0 saturated carbocycles. The van der Waals surface area contributed by atoms with Gasteiger partial charge in [0.05, 0.1) is 25.3 Å². The summed E-state index contributed by atoms with van der Waals surface area (Å²) in [6.45, 7) is 1.56. The van der Waals surface area contributed by atoms with Crippen LogP contribution in [-0.4, -0.2) is 64.4 Å². The van der Waals surface area contributed by atoms with Gasteiger partial charge in [-0.1, -0.05) is 0 Å². The lowest BCUT2D eigenvalue weighted by Crippen LogP contribution is -2.49. The zero-order chi connectivity index (χ0) is 11.5. The summed E-state index contributed by atoms with van der Waals surface area (Å²) in [6, 6.07) is -0.0482. The van der Waals surface area contributed by atoms with E-state index in [1.165, 1.54) is 0 Å². The van der Waals surface area contributed by atoms with E-state index >= 15 is 0 Å². The predicted octanol–water partition coefficient (Wildman–Crippen LogP) is 0.0198. The fraction of sp³-hybridized carbons (Fsp3) is 0.909. The number of likely N-dealkylation sites (tertiary alicyclic amines) is 2. The molecular formula is C11H20N2O3. The average molecular weight is 228 g/mol. The van der Waals surface area contributed by atoms with Gasteiger partial charge in [-0.15, -0.1) is 0 Å². The minimum Gasteiger partial charge on any atom is -0.394 e. The Balaban J connectivity index is 2.00. The Morgan fingerprint density at radius 2 is 1.44 bits per heavy atom. The van der Waals surface area contributed by atoms with Crippen molar-refractivity contribution in [2.24, 2.45) is 0 Å². The Labute approximate surface area is 95.6 Å². The summed E-state index contributed by atoms with van der Waals surface area (Å²) in [6.07, 6.45) is 3.71. The third kappa shape index (κ3) is 2.01. The smallest absolute Gasteiger partial charge is 0.320 e. The number of carbonyl (C=O) groups excluding carboxylic acids is 1. The Morgan fingerprint density at radius 3 is 1.81 bits per heavy atom. The lowest BCUT2D eigenvalue weighted by Gasteiger charge is -2.31. The fourth-order valence-electron chi connectivity index (χ4n) is 2.72. The van der Waals surface area contributed by atoms with E-state index in [0.717, 1.165) is 38.8 Å². The van der Waals surface area contributed by atoms with Crippen LogP contribution in [0.15, 0.2) is 0 Å². The van der Waals surface area contributed by atoms with Crippen molar-refractivity contribution in [3.8, 4) is 0 Å². The third-order valence-corrected chi connectivity index (χ3v) is 3.67. The molecule has 0 radical (unpaired) electrons. The van der Waals surface area contributed by atoms with Crippen LogP contribution in [0.2, 0.25) is 0 Å². The second-order valence-corrected chi connectivity index (χ2v) is 4.63. The summed E-state index contributed by atoms with van der Waals surface area (Å²) < 4.78 is 0. The van der Waals surface area contributed by atoms with Crippen LogP contribution in [-0.2, 0) is 0 Å². The second-order valence-electron chi connectivity index (χ2n) is 4.63. The summed E-state index contributed by atoms with van der Waals surface area (Å²) in [4.78, 5) is 15.7. The summed E-state index contributed by atoms with van der Waals surface area (Å²) >= 11 is 0. The highest BCUT2D eigenvalue weighted by Gasteiger charge is 2.35. The molecule has 2 amide bonds. The first kappa shape index (κ1) is 11.7. The first-order valence-corrected chi connectivity index (χ1v) is 6.07. The molecule has 16 heavy (non-hydrogen) atoms. The van der Waals surface area contributed by atoms with Crippen molar-refractivity contribution in [1.82, 2.24) is 9.80 Å². The second kappa shape index (κ2) is 5.01. The van der Waals surface area contributed by atoms with Gasteiger partial charge in [0.15, 0.2) is 0 Å². The zero-order valence-corrected chi connectivity index (χ0v) is 9.51. The van der Waals surface area contributed by atoms with E-state index in [2.05, 4.69) is 0 Å². The molecule has 0 aliphatic carbocycles. The van der Waals surface area contributed by atoms with Crippen LogP contribution in [0.5, 0.6) is 0 Å². The lowest BCUT2D eigenvalue weighted by atomic mass is 10.2. The quantitative estimate of drug-likeness (QED) is 0.700. The van der Waals surface area contributed by atoms with Gasteiger partial charge in [0, 0.05) is 13.1 Å². The highest BCUT2D eigenvalue weighted by Crippen LogP contribution is 2.23. The number of hydrogen-bond acceptors (Lipinski definition) is 3. The van der Waals surface area contributed by atoms with E-state index in [1.54, 1.807) is 9.80 Å². The molecule has 2 N–H and O–H groups in total. The van der Waals surface area contributed by atoms with Crippen LogP contribution < -0.4 is 0 Å². The molecule has 0 aromatic rings. The number of aliphatic hydroxyl groups is 2. The normalized spacial score (nSPS) is 30.1. The van der Waals surface area contributed by atoms with Crippen molar-refractivity contribution >= 4 is 6.03 Å². The van der Waals surface area contributed by atoms with E-state index < -0.39 is 0 Å². The molecule has 5 heteroatoms. The van der Waals surface area contributed by atoms with Crippen LogP contribution in [0.3, 0.4) is 0 Å². The van der Waals surface area contributed by atoms with Gasteiger partial charge in [-0.2, -0.15) is 0 Å². The number of rotatable bonds is 2. The Morgan fingerprint density at radius 1 is 1.00 bits per heavy atom. The topological polar surface area (TPSA) is 64.0 Å². The maximum atomic E-state index is 12.2. The number of urea groups is 1. The largest absolute Gasteiger partial charge is 0.394 e. The van der Waals surface area contributed by atoms with Gasteiger partial charge >= 0.3 is 6.03 Å². The lowest BCUT2D eigenvalue weighted by molar-refractivity contribution is 0.108. The maximum absolute atomic E-state index is 12.2. The molecule has 2 rings (SSSR count). The van der Waals surface area contributed by atoms with Crippen LogP contribution >= 0.6 is 0 Å². The van der Waals surface area contributed by atoms with E-state index in [-0.39, 0.29) is 31.3 Å². The fourth-order valence-corrected chi connectivity index (χ4v) is 2.72. The van der Waals surface area contributed by atoms with Gasteiger partial charge in [0.2, 0.25) is 0 Å². The maximum Gasteiger partial charge on any atom is 0.320 e. The monoisotopic (exact) mass is 228 g/mol. The van der Waals surface area contributed by atoms with E-state index in [0.29, 0.717) is 0 Å². The van der Waals surface area contributed by atoms with Gasteiger partial charge in [-0.25, -0.2) is 4.79 Å². The number of hydrogen-bond donors (Lipinski definition) is 2. The van der Waals surface area contributed by atoms with Crippen LogP contribution in [0.1, 0.15) is 25.7 Å². The van der Waals surface area contributed by atoms with Crippen molar-refractivity contribution in [3.63, 3.8) is 0 Å². The molecular weight excluding hydrogens is 208 g/mol. The van der Waals surface area contributed by atoms with E-state index in [9.17, 15) is 15.0 Å². The molecule has 0 bridgehead atoms.